The van der Waals surface area contributed by atoms with Crippen LogP contribution in [0.25, 0.3) is 0 Å². The molecule has 0 bridgehead atoms. The van der Waals surface area contributed by atoms with Gasteiger partial charge in [0.25, 0.3) is 0 Å². The van der Waals surface area contributed by atoms with Gasteiger partial charge in [-0.05, 0) is 6.42 Å². The van der Waals surface area contributed by atoms with Crippen molar-refractivity contribution in [3.63, 3.8) is 0 Å². The van der Waals surface area contributed by atoms with E-state index in [2.05, 4.69) is 5.32 Å². The number of carbonyl (C=O) groups excluding carboxylic acids is 1. The highest BCUT2D eigenvalue weighted by molar-refractivity contribution is 5.78. The number of alkyl halides is 3. The summed E-state index contributed by atoms with van der Waals surface area (Å²) in [6.07, 6.45) is -3.57. The molecule has 2 N–H and O–H groups in total. The van der Waals surface area contributed by atoms with Gasteiger partial charge in [-0.2, -0.15) is 13.2 Å². The lowest BCUT2D eigenvalue weighted by Crippen LogP contribution is -2.42. The molecule has 4 nitrogen and oxygen atoms in total. The van der Waals surface area contributed by atoms with Crippen molar-refractivity contribution in [3.05, 3.63) is 0 Å². The van der Waals surface area contributed by atoms with Gasteiger partial charge in [-0.25, -0.2) is 0 Å². The summed E-state index contributed by atoms with van der Waals surface area (Å²) in [6, 6.07) is 0.0710. The molecule has 0 aromatic carbocycles. The van der Waals surface area contributed by atoms with Crippen molar-refractivity contribution in [2.24, 2.45) is 0 Å². The van der Waals surface area contributed by atoms with E-state index in [4.69, 9.17) is 4.74 Å². The molecular weight excluding hydrogens is 213 g/mol. The van der Waals surface area contributed by atoms with Gasteiger partial charge in [-0.15, -0.1) is 0 Å². The minimum Gasteiger partial charge on any atom is -0.380 e. The van der Waals surface area contributed by atoms with Gasteiger partial charge in [0.05, 0.1) is 13.2 Å². The van der Waals surface area contributed by atoms with E-state index in [1.807, 2.05) is 0 Å². The number of amides is 1. The molecule has 1 atom stereocenters. The molecule has 1 amide bonds. The first-order chi connectivity index (χ1) is 6.97. The maximum atomic E-state index is 11.7. The fourth-order valence-corrected chi connectivity index (χ4v) is 1.19. The van der Waals surface area contributed by atoms with E-state index >= 15 is 0 Å². The van der Waals surface area contributed by atoms with Crippen LogP contribution in [0.5, 0.6) is 0 Å². The highest BCUT2D eigenvalue weighted by Gasteiger charge is 2.27. The van der Waals surface area contributed by atoms with Crippen molar-refractivity contribution < 1.29 is 22.7 Å². The van der Waals surface area contributed by atoms with Crippen LogP contribution in [0.1, 0.15) is 6.42 Å². The quantitative estimate of drug-likeness (QED) is 0.711. The summed E-state index contributed by atoms with van der Waals surface area (Å²) in [5, 5.41) is 4.59. The second-order valence-corrected chi connectivity index (χ2v) is 3.33. The minimum atomic E-state index is -4.36. The van der Waals surface area contributed by atoms with Crippen LogP contribution in [0, 0.1) is 0 Å². The van der Waals surface area contributed by atoms with Crippen LogP contribution in [-0.2, 0) is 9.53 Å². The third kappa shape index (κ3) is 5.58. The van der Waals surface area contributed by atoms with E-state index in [1.165, 1.54) is 0 Å². The van der Waals surface area contributed by atoms with E-state index in [0.717, 1.165) is 6.42 Å². The summed E-state index contributed by atoms with van der Waals surface area (Å²) >= 11 is 0. The monoisotopic (exact) mass is 226 g/mol. The van der Waals surface area contributed by atoms with Gasteiger partial charge in [-0.3, -0.25) is 4.79 Å². The fourth-order valence-electron chi connectivity index (χ4n) is 1.19. The van der Waals surface area contributed by atoms with E-state index in [0.29, 0.717) is 13.2 Å². The Bertz CT molecular complexity index is 214. The highest BCUT2D eigenvalue weighted by atomic mass is 19.4. The Labute approximate surface area is 85.2 Å². The van der Waals surface area contributed by atoms with Crippen LogP contribution in [0.3, 0.4) is 0 Å². The summed E-state index contributed by atoms with van der Waals surface area (Å²) < 4.78 is 40.1. The number of hydrogen-bond acceptors (Lipinski definition) is 3. The number of ether oxygens (including phenoxy) is 1. The first-order valence-corrected chi connectivity index (χ1v) is 4.62. The molecule has 0 radical (unpaired) electrons. The molecule has 0 spiro atoms. The zero-order chi connectivity index (χ0) is 11.3. The van der Waals surface area contributed by atoms with Crippen LogP contribution in [-0.4, -0.2) is 44.4 Å². The lowest BCUT2D eigenvalue weighted by molar-refractivity contribution is -0.137. The van der Waals surface area contributed by atoms with Crippen molar-refractivity contribution in [2.75, 3.05) is 26.3 Å². The first kappa shape index (κ1) is 12.3. The fraction of sp³-hybridized carbons (Fsp3) is 0.875. The predicted molar refractivity (Wildman–Crippen MR) is 46.3 cm³/mol. The van der Waals surface area contributed by atoms with Gasteiger partial charge >= 0.3 is 6.18 Å². The summed E-state index contributed by atoms with van der Waals surface area (Å²) in [5.41, 5.74) is 0. The Kier molecular flexibility index (Phi) is 4.34. The Hall–Kier alpha value is -0.820. The topological polar surface area (TPSA) is 50.4 Å². The largest absolute Gasteiger partial charge is 0.405 e. The van der Waals surface area contributed by atoms with Gasteiger partial charge in [0.2, 0.25) is 5.91 Å². The normalized spacial score (nSPS) is 21.7. The summed E-state index contributed by atoms with van der Waals surface area (Å²) in [7, 11) is 0. The molecule has 1 aliphatic heterocycles. The van der Waals surface area contributed by atoms with Crippen LogP contribution < -0.4 is 10.6 Å². The molecule has 1 saturated heterocycles. The molecular formula is C8H13F3N2O2. The third-order valence-electron chi connectivity index (χ3n) is 1.97. The van der Waals surface area contributed by atoms with Crippen LogP contribution >= 0.6 is 0 Å². The van der Waals surface area contributed by atoms with Gasteiger partial charge in [0, 0.05) is 12.6 Å². The lowest BCUT2D eigenvalue weighted by atomic mass is 10.2. The van der Waals surface area contributed by atoms with Gasteiger partial charge in [-0.1, -0.05) is 0 Å². The molecule has 88 valence electrons. The zero-order valence-corrected chi connectivity index (χ0v) is 8.06. The molecule has 0 aromatic heterocycles. The van der Waals surface area contributed by atoms with Gasteiger partial charge in [0.15, 0.2) is 0 Å². The minimum absolute atomic E-state index is 0.0710. The van der Waals surface area contributed by atoms with Crippen LogP contribution in [0.15, 0.2) is 0 Å². The maximum Gasteiger partial charge on any atom is 0.405 e. The molecule has 1 rings (SSSR count). The molecule has 0 aliphatic carbocycles. The van der Waals surface area contributed by atoms with E-state index in [1.54, 1.807) is 5.32 Å². The molecule has 1 fully saturated rings. The SMILES string of the molecule is O=C(CNC1CCOC1)NCC(F)(F)F. The molecule has 1 heterocycles. The Morgan fingerprint density at radius 2 is 2.20 bits per heavy atom. The molecule has 0 aromatic rings. The molecule has 1 aliphatic rings. The summed E-state index contributed by atoms with van der Waals surface area (Å²) in [6.45, 7) is -0.257. The molecule has 7 heteroatoms. The average molecular weight is 226 g/mol. The summed E-state index contributed by atoms with van der Waals surface area (Å²) in [5.74, 6) is -0.653. The molecule has 0 saturated carbocycles. The number of hydrogen-bond donors (Lipinski definition) is 2. The standard InChI is InChI=1S/C8H13F3N2O2/c9-8(10,11)5-13-7(14)3-12-6-1-2-15-4-6/h6,12H,1-5H2,(H,13,14). The summed E-state index contributed by atoms with van der Waals surface area (Å²) in [4.78, 5) is 10.9. The first-order valence-electron chi connectivity index (χ1n) is 4.62. The van der Waals surface area contributed by atoms with Gasteiger partial charge in [0.1, 0.15) is 6.54 Å². The predicted octanol–water partition coefficient (Wildman–Crippen LogP) is 0.0434. The zero-order valence-electron chi connectivity index (χ0n) is 8.06. The second-order valence-electron chi connectivity index (χ2n) is 3.33. The lowest BCUT2D eigenvalue weighted by Gasteiger charge is -2.11. The van der Waals surface area contributed by atoms with E-state index < -0.39 is 18.6 Å². The second kappa shape index (κ2) is 5.32. The van der Waals surface area contributed by atoms with E-state index in [-0.39, 0.29) is 12.6 Å². The van der Waals surface area contributed by atoms with Crippen LogP contribution in [0.4, 0.5) is 13.2 Å². The van der Waals surface area contributed by atoms with E-state index in [9.17, 15) is 18.0 Å². The van der Waals surface area contributed by atoms with Crippen LogP contribution in [0.2, 0.25) is 0 Å². The maximum absolute atomic E-state index is 11.7. The van der Waals surface area contributed by atoms with Crippen molar-refractivity contribution in [1.82, 2.24) is 10.6 Å². The highest BCUT2D eigenvalue weighted by Crippen LogP contribution is 2.11. The smallest absolute Gasteiger partial charge is 0.380 e. The molecule has 1 unspecified atom stereocenters. The van der Waals surface area contributed by atoms with Gasteiger partial charge < -0.3 is 15.4 Å². The van der Waals surface area contributed by atoms with Crippen molar-refractivity contribution in [1.29, 1.82) is 0 Å². The Morgan fingerprint density at radius 3 is 2.73 bits per heavy atom. The number of nitrogens with one attached hydrogen (secondary N) is 2. The third-order valence-corrected chi connectivity index (χ3v) is 1.97. The van der Waals surface area contributed by atoms with Crippen molar-refractivity contribution >= 4 is 5.91 Å². The molecule has 15 heavy (non-hydrogen) atoms. The van der Waals surface area contributed by atoms with Crippen molar-refractivity contribution in [3.8, 4) is 0 Å². The Morgan fingerprint density at radius 1 is 1.47 bits per heavy atom. The Balaban J connectivity index is 2.08. The van der Waals surface area contributed by atoms with Crippen molar-refractivity contribution in [2.45, 2.75) is 18.6 Å². The average Bonchev–Trinajstić information content (AvgIpc) is 2.62. The number of carbonyl (C=O) groups is 1. The number of halogens is 3. The number of rotatable bonds is 4.